The zero-order valence-electron chi connectivity index (χ0n) is 12.5. The lowest BCUT2D eigenvalue weighted by Crippen LogP contribution is -2.30. The first kappa shape index (κ1) is 17.6. The SMILES string of the molecule is CCNC(CC)c1cccc(S(=O)(=O)NCC(=O)OC)c1. The normalized spacial score (nSPS) is 12.9. The minimum absolute atomic E-state index is 0.103. The van der Waals surface area contributed by atoms with Crippen molar-refractivity contribution in [2.75, 3.05) is 20.2 Å². The second-order valence-electron chi connectivity index (χ2n) is 4.49. The third-order valence-corrected chi connectivity index (χ3v) is 4.46. The zero-order chi connectivity index (χ0) is 15.9. The Labute approximate surface area is 125 Å². The lowest BCUT2D eigenvalue weighted by Gasteiger charge is -2.17. The van der Waals surface area contributed by atoms with E-state index in [0.717, 1.165) is 18.5 Å². The molecule has 0 aliphatic heterocycles. The molecule has 6 nitrogen and oxygen atoms in total. The van der Waals surface area contributed by atoms with E-state index in [1.165, 1.54) is 13.2 Å². The van der Waals surface area contributed by atoms with Gasteiger partial charge in [0.25, 0.3) is 0 Å². The number of sulfonamides is 1. The Morgan fingerprint density at radius 2 is 2.05 bits per heavy atom. The molecule has 0 heterocycles. The second kappa shape index (κ2) is 8.11. The summed E-state index contributed by atoms with van der Waals surface area (Å²) in [5.41, 5.74) is 0.903. The Bertz CT molecular complexity index is 572. The van der Waals surface area contributed by atoms with E-state index in [4.69, 9.17) is 0 Å². The van der Waals surface area contributed by atoms with E-state index in [2.05, 4.69) is 14.8 Å². The Morgan fingerprint density at radius 3 is 2.62 bits per heavy atom. The summed E-state index contributed by atoms with van der Waals surface area (Å²) in [5, 5.41) is 3.30. The summed E-state index contributed by atoms with van der Waals surface area (Å²) in [6, 6.07) is 6.81. The summed E-state index contributed by atoms with van der Waals surface area (Å²) in [6.45, 7) is 4.45. The molecule has 0 aliphatic rings. The fraction of sp³-hybridized carbons (Fsp3) is 0.500. The van der Waals surface area contributed by atoms with Crippen LogP contribution in [0.3, 0.4) is 0 Å². The number of carbonyl (C=O) groups is 1. The third-order valence-electron chi connectivity index (χ3n) is 3.06. The van der Waals surface area contributed by atoms with Crippen LogP contribution in [-0.4, -0.2) is 34.6 Å². The van der Waals surface area contributed by atoms with E-state index in [-0.39, 0.29) is 17.5 Å². The number of rotatable bonds is 8. The van der Waals surface area contributed by atoms with Gasteiger partial charge < -0.3 is 10.1 Å². The van der Waals surface area contributed by atoms with Crippen molar-refractivity contribution in [2.45, 2.75) is 31.2 Å². The van der Waals surface area contributed by atoms with Crippen LogP contribution in [0.5, 0.6) is 0 Å². The molecule has 7 heteroatoms. The number of nitrogens with one attached hydrogen (secondary N) is 2. The van der Waals surface area contributed by atoms with Crippen LogP contribution < -0.4 is 10.0 Å². The quantitative estimate of drug-likeness (QED) is 0.704. The van der Waals surface area contributed by atoms with E-state index >= 15 is 0 Å². The Balaban J connectivity index is 2.95. The highest BCUT2D eigenvalue weighted by Gasteiger charge is 2.17. The molecular weight excluding hydrogens is 292 g/mol. The van der Waals surface area contributed by atoms with Crippen LogP contribution in [0, 0.1) is 0 Å². The molecule has 0 bridgehead atoms. The van der Waals surface area contributed by atoms with Crippen LogP contribution in [0.4, 0.5) is 0 Å². The molecule has 0 aromatic heterocycles. The minimum atomic E-state index is -3.72. The van der Waals surface area contributed by atoms with Gasteiger partial charge in [0, 0.05) is 6.04 Å². The van der Waals surface area contributed by atoms with E-state index in [0.29, 0.717) is 0 Å². The van der Waals surface area contributed by atoms with Crippen LogP contribution >= 0.6 is 0 Å². The van der Waals surface area contributed by atoms with Crippen LogP contribution in [-0.2, 0) is 19.6 Å². The standard InChI is InChI=1S/C14H22N2O4S/c1-4-13(15-5-2)11-7-6-8-12(9-11)21(18,19)16-10-14(17)20-3/h6-9,13,15-16H,4-5,10H2,1-3H3. The summed E-state index contributed by atoms with van der Waals surface area (Å²) >= 11 is 0. The maximum Gasteiger partial charge on any atom is 0.320 e. The van der Waals surface area contributed by atoms with Gasteiger partial charge in [-0.3, -0.25) is 4.79 Å². The number of benzene rings is 1. The van der Waals surface area contributed by atoms with Gasteiger partial charge >= 0.3 is 5.97 Å². The van der Waals surface area contributed by atoms with Gasteiger partial charge in [0.1, 0.15) is 6.54 Å². The van der Waals surface area contributed by atoms with Crippen molar-refractivity contribution < 1.29 is 17.9 Å². The number of methoxy groups -OCH3 is 1. The van der Waals surface area contributed by atoms with Gasteiger partial charge in [0.15, 0.2) is 0 Å². The lowest BCUT2D eigenvalue weighted by molar-refractivity contribution is -0.139. The van der Waals surface area contributed by atoms with Crippen LogP contribution in [0.15, 0.2) is 29.2 Å². The van der Waals surface area contributed by atoms with Gasteiger partial charge in [-0.05, 0) is 30.7 Å². The maximum atomic E-state index is 12.1. The van der Waals surface area contributed by atoms with Crippen molar-refractivity contribution in [1.29, 1.82) is 0 Å². The summed E-state index contributed by atoms with van der Waals surface area (Å²) in [7, 11) is -2.52. The molecule has 2 N–H and O–H groups in total. The first-order chi connectivity index (χ1) is 9.94. The zero-order valence-corrected chi connectivity index (χ0v) is 13.4. The van der Waals surface area contributed by atoms with Gasteiger partial charge in [-0.15, -0.1) is 0 Å². The second-order valence-corrected chi connectivity index (χ2v) is 6.26. The minimum Gasteiger partial charge on any atom is -0.468 e. The first-order valence-corrected chi connectivity index (χ1v) is 8.32. The molecule has 0 spiro atoms. The number of hydrogen-bond donors (Lipinski definition) is 2. The molecule has 1 aromatic rings. The van der Waals surface area contributed by atoms with Crippen molar-refractivity contribution in [2.24, 2.45) is 0 Å². The van der Waals surface area contributed by atoms with Crippen molar-refractivity contribution >= 4 is 16.0 Å². The molecule has 0 fully saturated rings. The van der Waals surface area contributed by atoms with E-state index < -0.39 is 16.0 Å². The number of esters is 1. The highest BCUT2D eigenvalue weighted by Crippen LogP contribution is 2.20. The highest BCUT2D eigenvalue weighted by atomic mass is 32.2. The van der Waals surface area contributed by atoms with Gasteiger partial charge in [-0.1, -0.05) is 26.0 Å². The molecular formula is C14H22N2O4S. The monoisotopic (exact) mass is 314 g/mol. The molecule has 1 unspecified atom stereocenters. The average Bonchev–Trinajstić information content (AvgIpc) is 2.50. The van der Waals surface area contributed by atoms with E-state index in [9.17, 15) is 13.2 Å². The average molecular weight is 314 g/mol. The van der Waals surface area contributed by atoms with Gasteiger partial charge in [0.2, 0.25) is 10.0 Å². The topological polar surface area (TPSA) is 84.5 Å². The van der Waals surface area contributed by atoms with Gasteiger partial charge in [0.05, 0.1) is 12.0 Å². The van der Waals surface area contributed by atoms with Crippen LogP contribution in [0.2, 0.25) is 0 Å². The Kier molecular flexibility index (Phi) is 6.80. The Morgan fingerprint density at radius 1 is 1.33 bits per heavy atom. The molecule has 1 atom stereocenters. The van der Waals surface area contributed by atoms with Gasteiger partial charge in [-0.25, -0.2) is 8.42 Å². The summed E-state index contributed by atoms with van der Waals surface area (Å²) in [6.07, 6.45) is 0.854. The fourth-order valence-corrected chi connectivity index (χ4v) is 2.98. The smallest absolute Gasteiger partial charge is 0.320 e. The van der Waals surface area contributed by atoms with Crippen molar-refractivity contribution in [1.82, 2.24) is 10.0 Å². The molecule has 1 rings (SSSR count). The molecule has 118 valence electrons. The van der Waals surface area contributed by atoms with Crippen molar-refractivity contribution in [3.8, 4) is 0 Å². The molecule has 21 heavy (non-hydrogen) atoms. The van der Waals surface area contributed by atoms with Crippen LogP contribution in [0.1, 0.15) is 31.9 Å². The highest BCUT2D eigenvalue weighted by molar-refractivity contribution is 7.89. The third kappa shape index (κ3) is 5.11. The summed E-state index contributed by atoms with van der Waals surface area (Å²) in [4.78, 5) is 11.2. The lowest BCUT2D eigenvalue weighted by atomic mass is 10.0. The number of carbonyl (C=O) groups excluding carboxylic acids is 1. The molecule has 0 aliphatic carbocycles. The molecule has 0 amide bonds. The largest absolute Gasteiger partial charge is 0.468 e. The van der Waals surface area contributed by atoms with Crippen molar-refractivity contribution in [3.05, 3.63) is 29.8 Å². The Hall–Kier alpha value is -1.44. The fourth-order valence-electron chi connectivity index (χ4n) is 1.95. The van der Waals surface area contributed by atoms with E-state index in [1.807, 2.05) is 19.9 Å². The summed E-state index contributed by atoms with van der Waals surface area (Å²) in [5.74, 6) is -0.631. The molecule has 1 aromatic carbocycles. The molecule has 0 radical (unpaired) electrons. The summed E-state index contributed by atoms with van der Waals surface area (Å²) < 4.78 is 30.9. The predicted octanol–water partition coefficient (Wildman–Crippen LogP) is 1.20. The van der Waals surface area contributed by atoms with Crippen molar-refractivity contribution in [3.63, 3.8) is 0 Å². The number of ether oxygens (including phenoxy) is 1. The number of hydrogen-bond acceptors (Lipinski definition) is 5. The van der Waals surface area contributed by atoms with Gasteiger partial charge in [-0.2, -0.15) is 4.72 Å². The first-order valence-electron chi connectivity index (χ1n) is 6.84. The van der Waals surface area contributed by atoms with E-state index in [1.54, 1.807) is 12.1 Å². The molecule has 0 saturated heterocycles. The van der Waals surface area contributed by atoms with Crippen LogP contribution in [0.25, 0.3) is 0 Å². The maximum absolute atomic E-state index is 12.1. The predicted molar refractivity (Wildman–Crippen MR) is 80.4 cm³/mol. The molecule has 0 saturated carbocycles.